The summed E-state index contributed by atoms with van der Waals surface area (Å²) in [6.07, 6.45) is 0. The van der Waals surface area contributed by atoms with Crippen LogP contribution in [0.1, 0.15) is 32.7 Å². The lowest BCUT2D eigenvalue weighted by Crippen LogP contribution is -2.51. The molecule has 1 aromatic rings. The highest BCUT2D eigenvalue weighted by Crippen LogP contribution is 2.13. The first-order valence-electron chi connectivity index (χ1n) is 5.87. The van der Waals surface area contributed by atoms with Crippen LogP contribution in [0.25, 0.3) is 0 Å². The zero-order chi connectivity index (χ0) is 14.6. The van der Waals surface area contributed by atoms with Crippen molar-refractivity contribution in [3.63, 3.8) is 0 Å². The summed E-state index contributed by atoms with van der Waals surface area (Å²) >= 11 is 1.27. The van der Waals surface area contributed by atoms with E-state index in [-0.39, 0.29) is 11.4 Å². The Balaban J connectivity index is 2.46. The molecule has 0 aliphatic rings. The van der Waals surface area contributed by atoms with Crippen molar-refractivity contribution in [3.8, 4) is 0 Å². The maximum Gasteiger partial charge on any atom is 0.321 e. The molecular weight excluding hydrogens is 266 g/mol. The molecule has 0 bridgehead atoms. The predicted molar refractivity (Wildman–Crippen MR) is 74.2 cm³/mol. The molecule has 0 aliphatic heterocycles. The van der Waals surface area contributed by atoms with Crippen molar-refractivity contribution < 1.29 is 9.59 Å². The zero-order valence-corrected chi connectivity index (χ0v) is 12.5. The summed E-state index contributed by atoms with van der Waals surface area (Å²) in [5.74, 6) is -0.240. The molecule has 1 atom stereocenters. The number of anilines is 1. The summed E-state index contributed by atoms with van der Waals surface area (Å²) in [7, 11) is 0. The molecule has 106 valence electrons. The summed E-state index contributed by atoms with van der Waals surface area (Å²) in [5.41, 5.74) is -0.333. The van der Waals surface area contributed by atoms with Crippen LogP contribution in [0.3, 0.4) is 0 Å². The lowest BCUT2D eigenvalue weighted by Gasteiger charge is -2.23. The van der Waals surface area contributed by atoms with E-state index in [2.05, 4.69) is 26.1 Å². The number of carbonyl (C=O) groups excluding carboxylic acids is 2. The van der Waals surface area contributed by atoms with Gasteiger partial charge in [-0.2, -0.15) is 0 Å². The maximum absolute atomic E-state index is 11.8. The molecule has 0 unspecified atom stereocenters. The topological polar surface area (TPSA) is 96.0 Å². The number of nitrogens with zero attached hydrogens (tertiary/aromatic N) is 2. The molecule has 0 saturated carbocycles. The average Bonchev–Trinajstić information content (AvgIpc) is 2.60. The van der Waals surface area contributed by atoms with E-state index >= 15 is 0 Å². The molecule has 0 spiro atoms. The Bertz CT molecular complexity index is 466. The summed E-state index contributed by atoms with van der Waals surface area (Å²) in [5, 5.41) is 16.6. The normalized spacial score (nSPS) is 12.7. The van der Waals surface area contributed by atoms with E-state index in [0.29, 0.717) is 5.13 Å². The average molecular weight is 285 g/mol. The molecule has 1 rings (SSSR count). The van der Waals surface area contributed by atoms with Crippen LogP contribution in [0.5, 0.6) is 0 Å². The SMILES string of the molecule is Cc1nnc(NC(=O)N[C@H](C)C(=O)NC(C)(C)C)s1. The molecule has 1 heterocycles. The fraction of sp³-hybridized carbons (Fsp3) is 0.636. The first-order chi connectivity index (χ1) is 8.67. The van der Waals surface area contributed by atoms with Crippen LogP contribution in [0.4, 0.5) is 9.93 Å². The summed E-state index contributed by atoms with van der Waals surface area (Å²) in [4.78, 5) is 23.4. The van der Waals surface area contributed by atoms with Gasteiger partial charge in [-0.1, -0.05) is 11.3 Å². The Morgan fingerprint density at radius 3 is 2.37 bits per heavy atom. The number of urea groups is 1. The number of aromatic nitrogens is 2. The molecule has 0 aliphatic carbocycles. The maximum atomic E-state index is 11.8. The second kappa shape index (κ2) is 5.96. The van der Waals surface area contributed by atoms with Gasteiger partial charge in [-0.3, -0.25) is 10.1 Å². The largest absolute Gasteiger partial charge is 0.350 e. The lowest BCUT2D eigenvalue weighted by molar-refractivity contribution is -0.123. The minimum atomic E-state index is -0.631. The van der Waals surface area contributed by atoms with Crippen LogP contribution < -0.4 is 16.0 Å². The Labute approximate surface area is 116 Å². The third-order valence-corrected chi connectivity index (χ3v) is 2.74. The molecular formula is C11H19N5O2S. The standard InChI is InChI=1S/C11H19N5O2S/c1-6(8(17)14-11(3,4)5)12-9(18)13-10-16-15-7(2)19-10/h6H,1-5H3,(H,14,17)(H2,12,13,16,18)/t6-/m1/s1. The number of hydrogen-bond donors (Lipinski definition) is 3. The second-order valence-electron chi connectivity index (χ2n) is 5.19. The molecule has 3 amide bonds. The first-order valence-corrected chi connectivity index (χ1v) is 6.68. The molecule has 1 aromatic heterocycles. The van der Waals surface area contributed by atoms with Gasteiger partial charge >= 0.3 is 6.03 Å². The van der Waals surface area contributed by atoms with Crippen molar-refractivity contribution >= 4 is 28.4 Å². The van der Waals surface area contributed by atoms with Crippen LogP contribution in [-0.2, 0) is 4.79 Å². The highest BCUT2D eigenvalue weighted by atomic mass is 32.1. The monoisotopic (exact) mass is 285 g/mol. The van der Waals surface area contributed by atoms with Crippen molar-refractivity contribution in [3.05, 3.63) is 5.01 Å². The van der Waals surface area contributed by atoms with Crippen LogP contribution in [-0.4, -0.2) is 33.7 Å². The Morgan fingerprint density at radius 2 is 1.89 bits per heavy atom. The lowest BCUT2D eigenvalue weighted by atomic mass is 10.1. The van der Waals surface area contributed by atoms with Crippen LogP contribution in [0.2, 0.25) is 0 Å². The second-order valence-corrected chi connectivity index (χ2v) is 6.37. The Morgan fingerprint density at radius 1 is 1.26 bits per heavy atom. The van der Waals surface area contributed by atoms with Crippen LogP contribution >= 0.6 is 11.3 Å². The number of hydrogen-bond acceptors (Lipinski definition) is 5. The van der Waals surface area contributed by atoms with E-state index < -0.39 is 12.1 Å². The van der Waals surface area contributed by atoms with Crippen molar-refractivity contribution in [1.29, 1.82) is 0 Å². The van der Waals surface area contributed by atoms with E-state index in [1.165, 1.54) is 11.3 Å². The van der Waals surface area contributed by atoms with Gasteiger partial charge in [0, 0.05) is 5.54 Å². The van der Waals surface area contributed by atoms with E-state index in [4.69, 9.17) is 0 Å². The molecule has 3 N–H and O–H groups in total. The van der Waals surface area contributed by atoms with Crippen molar-refractivity contribution in [2.75, 3.05) is 5.32 Å². The first kappa shape index (κ1) is 15.4. The van der Waals surface area contributed by atoms with Crippen LogP contribution in [0, 0.1) is 6.92 Å². The molecule has 7 nitrogen and oxygen atoms in total. The Hall–Kier alpha value is -1.70. The van der Waals surface area contributed by atoms with E-state index in [1.54, 1.807) is 13.8 Å². The number of nitrogens with one attached hydrogen (secondary N) is 3. The predicted octanol–water partition coefficient (Wildman–Crippen LogP) is 1.27. The number of amides is 3. The third-order valence-electron chi connectivity index (χ3n) is 1.99. The van der Waals surface area contributed by atoms with Crippen LogP contribution in [0.15, 0.2) is 0 Å². The number of aryl methyl sites for hydroxylation is 1. The minimum absolute atomic E-state index is 0.240. The van der Waals surface area contributed by atoms with Gasteiger partial charge in [0.05, 0.1) is 0 Å². The molecule has 8 heteroatoms. The molecule has 0 radical (unpaired) electrons. The van der Waals surface area contributed by atoms with Crippen molar-refractivity contribution in [1.82, 2.24) is 20.8 Å². The number of rotatable bonds is 3. The van der Waals surface area contributed by atoms with Gasteiger partial charge in [-0.05, 0) is 34.6 Å². The molecule has 0 aromatic carbocycles. The summed E-state index contributed by atoms with van der Waals surface area (Å²) in [6, 6.07) is -1.11. The highest BCUT2D eigenvalue weighted by molar-refractivity contribution is 7.15. The summed E-state index contributed by atoms with van der Waals surface area (Å²) in [6.45, 7) is 9.04. The highest BCUT2D eigenvalue weighted by Gasteiger charge is 2.20. The van der Waals surface area contributed by atoms with E-state index in [0.717, 1.165) is 5.01 Å². The van der Waals surface area contributed by atoms with Gasteiger partial charge < -0.3 is 10.6 Å². The van der Waals surface area contributed by atoms with Crippen molar-refractivity contribution in [2.45, 2.75) is 46.2 Å². The van der Waals surface area contributed by atoms with Gasteiger partial charge in [0.1, 0.15) is 11.0 Å². The molecule has 19 heavy (non-hydrogen) atoms. The van der Waals surface area contributed by atoms with Gasteiger partial charge in [0.2, 0.25) is 11.0 Å². The number of carbonyl (C=O) groups is 2. The molecule has 0 fully saturated rings. The smallest absolute Gasteiger partial charge is 0.321 e. The van der Waals surface area contributed by atoms with Crippen molar-refractivity contribution in [2.24, 2.45) is 0 Å². The van der Waals surface area contributed by atoms with E-state index in [1.807, 2.05) is 20.8 Å². The minimum Gasteiger partial charge on any atom is -0.350 e. The fourth-order valence-corrected chi connectivity index (χ4v) is 1.81. The van der Waals surface area contributed by atoms with Gasteiger partial charge in [-0.15, -0.1) is 10.2 Å². The van der Waals surface area contributed by atoms with Gasteiger partial charge in [0.15, 0.2) is 0 Å². The van der Waals surface area contributed by atoms with Gasteiger partial charge in [-0.25, -0.2) is 4.79 Å². The van der Waals surface area contributed by atoms with Gasteiger partial charge in [0.25, 0.3) is 0 Å². The molecule has 0 saturated heterocycles. The Kier molecular flexibility index (Phi) is 4.82. The fourth-order valence-electron chi connectivity index (χ4n) is 1.22. The zero-order valence-electron chi connectivity index (χ0n) is 11.7. The third kappa shape index (κ3) is 5.64. The summed E-state index contributed by atoms with van der Waals surface area (Å²) < 4.78 is 0. The van der Waals surface area contributed by atoms with E-state index in [9.17, 15) is 9.59 Å². The quantitative estimate of drug-likeness (QED) is 0.779.